The maximum absolute atomic E-state index is 12.5. The van der Waals surface area contributed by atoms with E-state index in [1.54, 1.807) is 18.2 Å². The number of methoxy groups -OCH3 is 1. The molecule has 0 aromatic carbocycles. The molecule has 0 aromatic heterocycles. The van der Waals surface area contributed by atoms with Crippen molar-refractivity contribution in [2.75, 3.05) is 53.0 Å². The van der Waals surface area contributed by atoms with E-state index >= 15 is 0 Å². The van der Waals surface area contributed by atoms with E-state index in [9.17, 15) is 4.79 Å². The first-order valence-corrected chi connectivity index (χ1v) is 13.8. The molecule has 2 atom stereocenters. The minimum Gasteiger partial charge on any atom is -0.444 e. The molecule has 0 aromatic rings. The van der Waals surface area contributed by atoms with Crippen LogP contribution in [0, 0.1) is 0 Å². The van der Waals surface area contributed by atoms with E-state index in [0.29, 0.717) is 13.1 Å². The van der Waals surface area contributed by atoms with Crippen LogP contribution < -0.4 is 0 Å². The summed E-state index contributed by atoms with van der Waals surface area (Å²) in [6.07, 6.45) is 6.80. The maximum atomic E-state index is 12.5. The highest BCUT2D eigenvalue weighted by Crippen LogP contribution is 2.29. The zero-order chi connectivity index (χ0) is 28.5. The van der Waals surface area contributed by atoms with E-state index in [1.807, 2.05) is 45.1 Å². The number of amides is 1. The molecular weight excluding hydrogens is 482 g/mol. The van der Waals surface area contributed by atoms with Crippen molar-refractivity contribution in [2.24, 2.45) is 5.10 Å². The molecule has 38 heavy (non-hydrogen) atoms. The topological polar surface area (TPSA) is 70.1 Å². The average molecular weight is 534 g/mol. The van der Waals surface area contributed by atoms with Crippen molar-refractivity contribution in [3.05, 3.63) is 36.8 Å². The standard InChI is InChI=1S/C29H51N5O4/c1-11-31(12-2)26(24(5)32-18-20-37-21-19-32)23(4)29(9,36-10)22-30-34(13-3)25-14-16-33(17-15-25)27(35)38-28(6,7)8/h11,13,22,24-25H,1,3,12,14-21H2,2,4-10H3/b26-23-,30-22-. The summed E-state index contributed by atoms with van der Waals surface area (Å²) in [6.45, 7) is 27.5. The normalized spacial score (nSPS) is 20.9. The number of morpholine rings is 1. The van der Waals surface area contributed by atoms with Crippen molar-refractivity contribution in [3.8, 4) is 0 Å². The minimum absolute atomic E-state index is 0.139. The van der Waals surface area contributed by atoms with Crippen LogP contribution in [0.25, 0.3) is 0 Å². The van der Waals surface area contributed by atoms with Gasteiger partial charge in [0.2, 0.25) is 0 Å². The van der Waals surface area contributed by atoms with Gasteiger partial charge in [0, 0.05) is 57.8 Å². The first-order valence-electron chi connectivity index (χ1n) is 13.8. The minimum atomic E-state index is -0.745. The van der Waals surface area contributed by atoms with Gasteiger partial charge in [-0.25, -0.2) is 4.79 Å². The number of likely N-dealkylation sites (N-methyl/N-ethyl adjacent to an activating group) is 1. The van der Waals surface area contributed by atoms with Gasteiger partial charge >= 0.3 is 6.09 Å². The van der Waals surface area contributed by atoms with Gasteiger partial charge < -0.3 is 24.0 Å². The Morgan fingerprint density at radius 1 is 1.13 bits per heavy atom. The summed E-state index contributed by atoms with van der Waals surface area (Å²) in [4.78, 5) is 18.9. The summed E-state index contributed by atoms with van der Waals surface area (Å²) in [7, 11) is 1.72. The van der Waals surface area contributed by atoms with Crippen LogP contribution in [-0.4, -0.2) is 108 Å². The van der Waals surface area contributed by atoms with Gasteiger partial charge in [-0.05, 0) is 73.1 Å². The van der Waals surface area contributed by atoms with E-state index < -0.39 is 11.2 Å². The molecule has 2 heterocycles. The fourth-order valence-corrected chi connectivity index (χ4v) is 4.97. The van der Waals surface area contributed by atoms with Crippen LogP contribution in [0.3, 0.4) is 0 Å². The van der Waals surface area contributed by atoms with Gasteiger partial charge in [-0.2, -0.15) is 5.10 Å². The number of hydrogen-bond acceptors (Lipinski definition) is 8. The lowest BCUT2D eigenvalue weighted by molar-refractivity contribution is 0.0166. The van der Waals surface area contributed by atoms with Gasteiger partial charge in [-0.15, -0.1) is 0 Å². The third-order valence-electron chi connectivity index (χ3n) is 7.53. The van der Waals surface area contributed by atoms with Crippen LogP contribution in [0.4, 0.5) is 4.79 Å². The number of likely N-dealkylation sites (tertiary alicyclic amines) is 1. The zero-order valence-corrected chi connectivity index (χ0v) is 25.0. The lowest BCUT2D eigenvalue weighted by atomic mass is 9.92. The first-order chi connectivity index (χ1) is 17.9. The summed E-state index contributed by atoms with van der Waals surface area (Å²) in [6, 6.07) is 0.298. The molecule has 0 N–H and O–H groups in total. The molecule has 2 aliphatic rings. The summed E-state index contributed by atoms with van der Waals surface area (Å²) in [5.41, 5.74) is 0.993. The number of nitrogens with zero attached hydrogens (tertiary/aromatic N) is 5. The van der Waals surface area contributed by atoms with Crippen LogP contribution in [0.5, 0.6) is 0 Å². The van der Waals surface area contributed by atoms with Crippen molar-refractivity contribution in [1.29, 1.82) is 0 Å². The van der Waals surface area contributed by atoms with Crippen molar-refractivity contribution in [2.45, 2.75) is 84.6 Å². The highest BCUT2D eigenvalue weighted by atomic mass is 16.6. The monoisotopic (exact) mass is 533 g/mol. The second-order valence-corrected chi connectivity index (χ2v) is 11.1. The van der Waals surface area contributed by atoms with E-state index in [2.05, 4.69) is 43.7 Å². The maximum Gasteiger partial charge on any atom is 0.410 e. The van der Waals surface area contributed by atoms with E-state index in [-0.39, 0.29) is 18.2 Å². The molecule has 0 aliphatic carbocycles. The smallest absolute Gasteiger partial charge is 0.410 e. The molecule has 0 spiro atoms. The second kappa shape index (κ2) is 14.1. The predicted molar refractivity (Wildman–Crippen MR) is 154 cm³/mol. The Labute approximate surface area is 230 Å². The SMILES string of the molecule is C=CN(CC)/C(=C(/C)C(C)(/C=N\N(C=C)C1CCN(C(=O)OC(C)(C)C)CC1)OC)C(C)N1CCOCC1. The predicted octanol–water partition coefficient (Wildman–Crippen LogP) is 4.68. The molecule has 2 rings (SSSR count). The number of carbonyl (C=O) groups is 1. The summed E-state index contributed by atoms with van der Waals surface area (Å²) in [5, 5.41) is 6.74. The molecule has 9 nitrogen and oxygen atoms in total. The van der Waals surface area contributed by atoms with Crippen molar-refractivity contribution >= 4 is 12.3 Å². The number of rotatable bonds is 11. The molecule has 2 unspecified atom stereocenters. The Morgan fingerprint density at radius 2 is 1.74 bits per heavy atom. The van der Waals surface area contributed by atoms with Crippen molar-refractivity contribution in [3.63, 3.8) is 0 Å². The van der Waals surface area contributed by atoms with E-state index in [0.717, 1.165) is 57.0 Å². The molecule has 0 saturated carbocycles. The first kappa shape index (κ1) is 31.9. The molecule has 2 aliphatic heterocycles. The molecule has 0 radical (unpaired) electrons. The molecule has 2 fully saturated rings. The van der Waals surface area contributed by atoms with Crippen LogP contribution in [0.2, 0.25) is 0 Å². The number of ether oxygens (including phenoxy) is 3. The van der Waals surface area contributed by atoms with Crippen LogP contribution >= 0.6 is 0 Å². The fraction of sp³-hybridized carbons (Fsp3) is 0.724. The lowest BCUT2D eigenvalue weighted by Gasteiger charge is -2.40. The molecular formula is C29H51N5O4. The highest BCUT2D eigenvalue weighted by Gasteiger charge is 2.34. The number of piperidine rings is 1. The Morgan fingerprint density at radius 3 is 2.21 bits per heavy atom. The van der Waals surface area contributed by atoms with Crippen LogP contribution in [-0.2, 0) is 14.2 Å². The Hall–Kier alpha value is -2.36. The molecule has 216 valence electrons. The van der Waals surface area contributed by atoms with Gasteiger partial charge in [0.05, 0.1) is 25.5 Å². The lowest BCUT2D eigenvalue weighted by Crippen LogP contribution is -2.47. The second-order valence-electron chi connectivity index (χ2n) is 11.1. The molecule has 1 amide bonds. The quantitative estimate of drug-likeness (QED) is 0.282. The molecule has 0 bridgehead atoms. The number of hydrogen-bond donors (Lipinski definition) is 0. The van der Waals surface area contributed by atoms with Crippen molar-refractivity contribution < 1.29 is 19.0 Å². The Bertz CT molecular complexity index is 854. The van der Waals surface area contributed by atoms with Gasteiger partial charge in [0.25, 0.3) is 0 Å². The number of hydrazone groups is 1. The fourth-order valence-electron chi connectivity index (χ4n) is 4.97. The third kappa shape index (κ3) is 8.32. The van der Waals surface area contributed by atoms with Gasteiger partial charge in [0.1, 0.15) is 11.2 Å². The van der Waals surface area contributed by atoms with Gasteiger partial charge in [0.15, 0.2) is 0 Å². The largest absolute Gasteiger partial charge is 0.444 e. The number of carbonyl (C=O) groups excluding carboxylic acids is 1. The summed E-state index contributed by atoms with van der Waals surface area (Å²) >= 11 is 0. The summed E-state index contributed by atoms with van der Waals surface area (Å²) in [5.74, 6) is 0. The molecule has 9 heteroatoms. The molecule has 2 saturated heterocycles. The van der Waals surface area contributed by atoms with E-state index in [1.165, 1.54) is 0 Å². The van der Waals surface area contributed by atoms with E-state index in [4.69, 9.17) is 19.3 Å². The zero-order valence-electron chi connectivity index (χ0n) is 25.0. The third-order valence-corrected chi connectivity index (χ3v) is 7.53. The van der Waals surface area contributed by atoms with Gasteiger partial charge in [-0.3, -0.25) is 9.91 Å². The van der Waals surface area contributed by atoms with Crippen molar-refractivity contribution in [1.82, 2.24) is 19.7 Å². The highest BCUT2D eigenvalue weighted by molar-refractivity contribution is 5.73. The van der Waals surface area contributed by atoms with Crippen LogP contribution in [0.1, 0.15) is 61.3 Å². The Kier molecular flexibility index (Phi) is 11.9. The average Bonchev–Trinajstić information content (AvgIpc) is 2.91. The van der Waals surface area contributed by atoms with Crippen LogP contribution in [0.15, 0.2) is 41.9 Å². The summed E-state index contributed by atoms with van der Waals surface area (Å²) < 4.78 is 17.2. The van der Waals surface area contributed by atoms with Gasteiger partial charge in [-0.1, -0.05) is 13.2 Å². The Balaban J connectivity index is 2.24.